The van der Waals surface area contributed by atoms with Gasteiger partial charge in [-0.05, 0) is 0 Å². The maximum absolute atomic E-state index is 9.95. The number of rotatable bonds is 5. The molecule has 0 aliphatic carbocycles. The van der Waals surface area contributed by atoms with Gasteiger partial charge in [-0.1, -0.05) is 0 Å². The van der Waals surface area contributed by atoms with Crippen LogP contribution >= 0.6 is 0 Å². The Morgan fingerprint density at radius 1 is 1.06 bits per heavy atom. The van der Waals surface area contributed by atoms with Crippen molar-refractivity contribution >= 4 is 11.9 Å². The highest BCUT2D eigenvalue weighted by Gasteiger charge is 1.88. The summed E-state index contributed by atoms with van der Waals surface area (Å²) in [6.07, 6.45) is 0. The second-order valence-corrected chi connectivity index (χ2v) is 2.28. The molecule has 0 fully saturated rings. The van der Waals surface area contributed by atoms with Crippen LogP contribution in [0.5, 0.6) is 0 Å². The summed E-state index contributed by atoms with van der Waals surface area (Å²) in [6.45, 7) is 1.07. The standard InChI is InChI=1S/C4H10N2O2.C2H7NO.CH4N2O.HO/c5-4(8)3-6-1-2-7;3-1-2-4;2-1(3)4;/h6-7H,1-3H2,(H2,5,8);4H,1-3H2;(H4,2,3,4);1H. The summed E-state index contributed by atoms with van der Waals surface area (Å²) in [5, 5.41) is 18.5. The largest absolute Gasteiger partial charge is 0.395 e. The fourth-order valence-electron chi connectivity index (χ4n) is 0.291. The number of primary amides is 3. The average molecular weight is 256 g/mol. The zero-order valence-corrected chi connectivity index (χ0v) is 9.50. The van der Waals surface area contributed by atoms with Gasteiger partial charge >= 0.3 is 6.03 Å². The topological polar surface area (TPSA) is 221 Å². The highest BCUT2D eigenvalue weighted by Crippen LogP contribution is 1.55. The lowest BCUT2D eigenvalue weighted by Crippen LogP contribution is -2.30. The Balaban J connectivity index is -0.0000000806. The summed E-state index contributed by atoms with van der Waals surface area (Å²) >= 11 is 0. The van der Waals surface area contributed by atoms with Gasteiger partial charge in [0.05, 0.1) is 19.8 Å². The fraction of sp³-hybridized carbons (Fsp3) is 0.714. The molecule has 12 N–H and O–H groups in total. The molecule has 3 amide bonds. The second kappa shape index (κ2) is 24.0. The number of carbonyl (C=O) groups excluding carboxylic acids is 2. The van der Waals surface area contributed by atoms with Crippen LogP contribution in [0, 0.1) is 0 Å². The summed E-state index contributed by atoms with van der Waals surface area (Å²) in [6, 6.07) is -0.833. The molecule has 17 heavy (non-hydrogen) atoms. The van der Waals surface area contributed by atoms with Crippen molar-refractivity contribution in [2.75, 3.05) is 32.8 Å². The van der Waals surface area contributed by atoms with Crippen LogP contribution < -0.4 is 28.3 Å². The van der Waals surface area contributed by atoms with Gasteiger partial charge in [0, 0.05) is 13.1 Å². The van der Waals surface area contributed by atoms with Gasteiger partial charge in [-0.3, -0.25) is 10.3 Å². The van der Waals surface area contributed by atoms with Gasteiger partial charge in [0.25, 0.3) is 0 Å². The number of amides is 3. The summed E-state index contributed by atoms with van der Waals surface area (Å²) in [5.74, 6) is -0.404. The van der Waals surface area contributed by atoms with Crippen LogP contribution in [-0.2, 0) is 4.79 Å². The van der Waals surface area contributed by atoms with Crippen LogP contribution in [0.1, 0.15) is 0 Å². The number of carbonyl (C=O) groups is 2. The molecule has 0 aromatic rings. The molecule has 0 saturated carbocycles. The van der Waals surface area contributed by atoms with Crippen molar-refractivity contribution in [1.82, 2.24) is 5.32 Å². The quantitative estimate of drug-likeness (QED) is 0.228. The SMILES string of the molecule is NC(=O)CNCCO.NC(N)=O.NCCO.[OH]. The first-order valence-corrected chi connectivity index (χ1v) is 4.38. The fourth-order valence-corrected chi connectivity index (χ4v) is 0.291. The summed E-state index contributed by atoms with van der Waals surface area (Å²) < 4.78 is 0. The molecule has 10 heteroatoms. The van der Waals surface area contributed by atoms with E-state index in [9.17, 15) is 4.79 Å². The molecule has 0 atom stereocenters. The van der Waals surface area contributed by atoms with Crippen LogP contribution in [-0.4, -0.2) is 60.5 Å². The second-order valence-electron chi connectivity index (χ2n) is 2.28. The first-order valence-electron chi connectivity index (χ1n) is 4.38. The minimum atomic E-state index is -0.833. The minimum Gasteiger partial charge on any atom is -0.395 e. The number of aliphatic hydroxyl groups excluding tert-OH is 2. The molecule has 0 unspecified atom stereocenters. The van der Waals surface area contributed by atoms with Crippen molar-refractivity contribution in [3.63, 3.8) is 0 Å². The number of urea groups is 1. The van der Waals surface area contributed by atoms with Crippen molar-refractivity contribution in [1.29, 1.82) is 0 Å². The van der Waals surface area contributed by atoms with Crippen molar-refractivity contribution < 1.29 is 25.3 Å². The maximum Gasteiger partial charge on any atom is 0.309 e. The van der Waals surface area contributed by atoms with E-state index in [1.807, 2.05) is 0 Å². The molecule has 0 aliphatic rings. The monoisotopic (exact) mass is 256 g/mol. The lowest BCUT2D eigenvalue weighted by Gasteiger charge is -1.94. The molecule has 0 heterocycles. The van der Waals surface area contributed by atoms with E-state index in [1.54, 1.807) is 0 Å². The molecule has 0 bridgehead atoms. The first-order chi connectivity index (χ1) is 7.42. The van der Waals surface area contributed by atoms with Gasteiger partial charge in [-0.15, -0.1) is 0 Å². The number of hydrogen-bond donors (Lipinski definition) is 8. The third-order valence-corrected chi connectivity index (χ3v) is 0.717. The Bertz CT molecular complexity index is 163. The Labute approximate surface area is 99.2 Å². The molecule has 1 radical (unpaired) electrons. The van der Waals surface area contributed by atoms with Crippen LogP contribution in [0.2, 0.25) is 0 Å². The van der Waals surface area contributed by atoms with E-state index in [2.05, 4.69) is 16.8 Å². The van der Waals surface area contributed by atoms with Crippen LogP contribution in [0.4, 0.5) is 4.79 Å². The zero-order valence-electron chi connectivity index (χ0n) is 9.50. The first kappa shape index (κ1) is 24.7. The van der Waals surface area contributed by atoms with Crippen molar-refractivity contribution in [2.45, 2.75) is 0 Å². The molecule has 0 aromatic heterocycles. The van der Waals surface area contributed by atoms with Crippen molar-refractivity contribution in [2.24, 2.45) is 22.9 Å². The smallest absolute Gasteiger partial charge is 0.309 e. The van der Waals surface area contributed by atoms with Crippen molar-refractivity contribution in [3.8, 4) is 0 Å². The molecule has 0 aliphatic heterocycles. The third-order valence-electron chi connectivity index (χ3n) is 0.717. The predicted molar refractivity (Wildman–Crippen MR) is 61.0 cm³/mol. The van der Waals surface area contributed by atoms with E-state index in [0.717, 1.165) is 0 Å². The number of hydrogen-bond acceptors (Lipinski definition) is 6. The van der Waals surface area contributed by atoms with E-state index in [0.29, 0.717) is 13.1 Å². The maximum atomic E-state index is 9.95. The van der Waals surface area contributed by atoms with Gasteiger partial charge in [0.15, 0.2) is 0 Å². The highest BCUT2D eigenvalue weighted by molar-refractivity contribution is 5.75. The molecule has 0 rings (SSSR count). The number of aliphatic hydroxyl groups is 2. The molecular formula is C7H22N5O5. The van der Waals surface area contributed by atoms with Crippen LogP contribution in [0.25, 0.3) is 0 Å². The van der Waals surface area contributed by atoms with Gasteiger partial charge in [0.1, 0.15) is 0 Å². The lowest BCUT2D eigenvalue weighted by molar-refractivity contribution is -0.117. The van der Waals surface area contributed by atoms with Crippen LogP contribution in [0.3, 0.4) is 0 Å². The van der Waals surface area contributed by atoms with Gasteiger partial charge in [-0.2, -0.15) is 0 Å². The molecule has 0 saturated heterocycles. The normalized spacial score (nSPS) is 7.47. The molecule has 0 aromatic carbocycles. The van der Waals surface area contributed by atoms with Crippen molar-refractivity contribution in [3.05, 3.63) is 0 Å². The Hall–Kier alpha value is -1.46. The Morgan fingerprint density at radius 3 is 1.59 bits per heavy atom. The molecule has 10 nitrogen and oxygen atoms in total. The van der Waals surface area contributed by atoms with Crippen LogP contribution in [0.15, 0.2) is 0 Å². The number of nitrogens with two attached hydrogens (primary N) is 4. The number of nitrogens with one attached hydrogen (secondary N) is 1. The van der Waals surface area contributed by atoms with E-state index in [1.165, 1.54) is 0 Å². The summed E-state index contributed by atoms with van der Waals surface area (Å²) in [7, 11) is 0. The van der Waals surface area contributed by atoms with E-state index >= 15 is 0 Å². The van der Waals surface area contributed by atoms with Gasteiger partial charge < -0.3 is 38.5 Å². The van der Waals surface area contributed by atoms with E-state index in [-0.39, 0.29) is 25.2 Å². The molecule has 0 spiro atoms. The van der Waals surface area contributed by atoms with E-state index < -0.39 is 11.9 Å². The molecular weight excluding hydrogens is 234 g/mol. The lowest BCUT2D eigenvalue weighted by atomic mass is 10.6. The van der Waals surface area contributed by atoms with E-state index in [4.69, 9.17) is 26.5 Å². The summed E-state index contributed by atoms with van der Waals surface area (Å²) in [4.78, 5) is 19.0. The highest BCUT2D eigenvalue weighted by atomic mass is 16.3. The van der Waals surface area contributed by atoms with Gasteiger partial charge in [0.2, 0.25) is 5.91 Å². The minimum absolute atomic E-state index is 0. The molecule has 105 valence electrons. The Morgan fingerprint density at radius 2 is 1.41 bits per heavy atom. The van der Waals surface area contributed by atoms with Gasteiger partial charge in [-0.25, -0.2) is 4.79 Å². The zero-order chi connectivity index (χ0) is 13.4. The average Bonchev–Trinajstić information content (AvgIpc) is 2.17. The predicted octanol–water partition coefficient (Wildman–Crippen LogP) is -4.16. The third kappa shape index (κ3) is 111. The summed E-state index contributed by atoms with van der Waals surface area (Å²) in [5.41, 5.74) is 18.0. The Kier molecular flexibility index (Phi) is 34.8.